The Morgan fingerprint density at radius 2 is 1.82 bits per heavy atom. The molecule has 4 heterocycles. The molecule has 0 fully saturated rings. The Kier molecular flexibility index (Phi) is 5.26. The van der Waals surface area contributed by atoms with E-state index in [1.807, 2.05) is 30.3 Å². The molecule has 1 aromatic carbocycles. The number of aryl methyl sites for hydroxylation is 1. The number of hydrogen-bond donors (Lipinski definition) is 1. The topological polar surface area (TPSA) is 98.3 Å². The number of halogens is 2. The van der Waals surface area contributed by atoms with Crippen LogP contribution in [0.3, 0.4) is 0 Å². The molecule has 3 aromatic heterocycles. The Labute approximate surface area is 211 Å². The molecule has 0 amide bonds. The maximum absolute atomic E-state index is 5.54. The fourth-order valence-electron chi connectivity index (χ4n) is 4.47. The van der Waals surface area contributed by atoms with Gasteiger partial charge in [0.25, 0.3) is 0 Å². The molecule has 0 bridgehead atoms. The highest BCUT2D eigenvalue weighted by atomic mass is 79.9. The number of nitrogens with one attached hydrogen (secondary N) is 1. The van der Waals surface area contributed by atoms with Crippen LogP contribution in [0.4, 0.5) is 0 Å². The van der Waals surface area contributed by atoms with Gasteiger partial charge in [-0.2, -0.15) is 0 Å². The van der Waals surface area contributed by atoms with Crippen LogP contribution in [-0.2, 0) is 13.0 Å². The predicted octanol–water partition coefficient (Wildman–Crippen LogP) is 6.11. The third kappa shape index (κ3) is 3.36. The molecule has 4 aromatic rings. The second-order valence-corrected chi connectivity index (χ2v) is 9.40. The lowest BCUT2D eigenvalue weighted by molar-refractivity contribution is 0.551. The second-order valence-electron chi connectivity index (χ2n) is 7.79. The quantitative estimate of drug-likeness (QED) is 0.248. The zero-order valence-corrected chi connectivity index (χ0v) is 21.1. The Morgan fingerprint density at radius 1 is 0.971 bits per heavy atom. The normalized spacial score (nSPS) is 11.6. The van der Waals surface area contributed by atoms with Gasteiger partial charge in [-0.25, -0.2) is 15.1 Å². The predicted molar refractivity (Wildman–Crippen MR) is 135 cm³/mol. The molecule has 1 aliphatic heterocycles. The van der Waals surface area contributed by atoms with Gasteiger partial charge in [0, 0.05) is 27.6 Å². The minimum absolute atomic E-state index is 0.611. The van der Waals surface area contributed by atoms with Gasteiger partial charge in [-0.15, -0.1) is 5.10 Å². The first-order valence-electron chi connectivity index (χ1n) is 10.7. The maximum Gasteiger partial charge on any atom is 0.180 e. The summed E-state index contributed by atoms with van der Waals surface area (Å²) in [5, 5.41) is 14.6. The van der Waals surface area contributed by atoms with Gasteiger partial charge in [-0.3, -0.25) is 0 Å². The van der Waals surface area contributed by atoms with Gasteiger partial charge in [-0.1, -0.05) is 31.2 Å². The van der Waals surface area contributed by atoms with Crippen LogP contribution in [0.5, 0.6) is 0 Å². The Balaban J connectivity index is 1.62. The molecule has 0 atom stereocenters. The highest BCUT2D eigenvalue weighted by Crippen LogP contribution is 2.48. The van der Waals surface area contributed by atoms with Crippen molar-refractivity contribution >= 4 is 43.0 Å². The van der Waals surface area contributed by atoms with Crippen LogP contribution in [-0.4, -0.2) is 35.2 Å². The van der Waals surface area contributed by atoms with Crippen LogP contribution in [0, 0.1) is 0 Å². The first kappa shape index (κ1) is 21.2. The summed E-state index contributed by atoms with van der Waals surface area (Å²) in [7, 11) is 0. The molecule has 0 unspecified atom stereocenters. The zero-order valence-electron chi connectivity index (χ0n) is 18.0. The fourth-order valence-corrected chi connectivity index (χ4v) is 5.53. The average molecular weight is 579 g/mol. The van der Waals surface area contributed by atoms with Gasteiger partial charge < -0.3 is 8.98 Å². The van der Waals surface area contributed by atoms with Crippen LogP contribution >= 0.6 is 31.9 Å². The fraction of sp³-hybridized carbons (Fsp3) is 0.125. The van der Waals surface area contributed by atoms with E-state index in [0.29, 0.717) is 12.4 Å². The molecule has 2 aliphatic rings. The smallest absolute Gasteiger partial charge is 0.180 e. The number of aromatic amines is 1. The number of aromatic nitrogens is 7. The van der Waals surface area contributed by atoms with Crippen molar-refractivity contribution in [2.75, 3.05) is 0 Å². The maximum atomic E-state index is 5.54. The van der Waals surface area contributed by atoms with Gasteiger partial charge in [0.2, 0.25) is 0 Å². The van der Waals surface area contributed by atoms with E-state index in [1.54, 1.807) is 12.5 Å². The second kappa shape index (κ2) is 8.44. The average Bonchev–Trinajstić information content (AvgIpc) is 3.57. The molecule has 6 rings (SSSR count). The molecule has 0 spiro atoms. The van der Waals surface area contributed by atoms with Crippen molar-refractivity contribution in [3.63, 3.8) is 0 Å². The number of H-pyrrole nitrogens is 1. The van der Waals surface area contributed by atoms with Gasteiger partial charge in [-0.05, 0) is 77.2 Å². The molecular weight excluding hydrogens is 562 g/mol. The van der Waals surface area contributed by atoms with Crippen LogP contribution in [0.25, 0.3) is 44.8 Å². The third-order valence-electron chi connectivity index (χ3n) is 5.96. The van der Waals surface area contributed by atoms with E-state index < -0.39 is 0 Å². The number of hydrogen-bond acceptors (Lipinski definition) is 6. The molecule has 0 radical (unpaired) electrons. The monoisotopic (exact) mass is 577 g/mol. The zero-order chi connectivity index (χ0) is 23.2. The minimum Gasteiger partial charge on any atom is -0.472 e. The summed E-state index contributed by atoms with van der Waals surface area (Å²) in [6.07, 6.45) is 4.27. The van der Waals surface area contributed by atoms with Crippen LogP contribution < -0.4 is 0 Å². The minimum atomic E-state index is 0.611. The number of fused-ring (bicyclic) bond motifs is 2. The van der Waals surface area contributed by atoms with E-state index in [4.69, 9.17) is 9.40 Å². The van der Waals surface area contributed by atoms with E-state index in [0.717, 1.165) is 65.9 Å². The van der Waals surface area contributed by atoms with Crippen molar-refractivity contribution in [2.24, 2.45) is 0 Å². The largest absolute Gasteiger partial charge is 0.472 e. The molecule has 0 saturated carbocycles. The molecule has 0 saturated heterocycles. The van der Waals surface area contributed by atoms with Crippen molar-refractivity contribution in [3.8, 4) is 33.6 Å². The highest BCUT2D eigenvalue weighted by molar-refractivity contribution is 9.11. The van der Waals surface area contributed by atoms with E-state index in [2.05, 4.69) is 81.1 Å². The highest BCUT2D eigenvalue weighted by Gasteiger charge is 2.27. The Morgan fingerprint density at radius 3 is 2.62 bits per heavy atom. The lowest BCUT2D eigenvalue weighted by atomic mass is 9.97. The number of imidazole rings is 1. The summed E-state index contributed by atoms with van der Waals surface area (Å²) in [6.45, 7) is 2.73. The summed E-state index contributed by atoms with van der Waals surface area (Å²) >= 11 is 7.33. The number of benzene rings is 1. The third-order valence-corrected chi connectivity index (χ3v) is 7.22. The van der Waals surface area contributed by atoms with E-state index in [1.165, 1.54) is 0 Å². The first-order chi connectivity index (χ1) is 16.7. The summed E-state index contributed by atoms with van der Waals surface area (Å²) in [6, 6.07) is 14.1. The molecule has 10 heteroatoms. The molecule has 1 aliphatic carbocycles. The molecule has 34 heavy (non-hydrogen) atoms. The molecule has 1 N–H and O–H groups in total. The van der Waals surface area contributed by atoms with Crippen molar-refractivity contribution in [1.82, 2.24) is 35.2 Å². The van der Waals surface area contributed by atoms with Gasteiger partial charge in [0.05, 0.1) is 24.6 Å². The molecule has 8 nitrogen and oxygen atoms in total. The van der Waals surface area contributed by atoms with Crippen molar-refractivity contribution in [3.05, 3.63) is 75.5 Å². The van der Waals surface area contributed by atoms with E-state index in [9.17, 15) is 0 Å². The van der Waals surface area contributed by atoms with E-state index in [-0.39, 0.29) is 0 Å². The summed E-state index contributed by atoms with van der Waals surface area (Å²) in [5.41, 5.74) is 7.97. The summed E-state index contributed by atoms with van der Waals surface area (Å²) in [5.74, 6) is 1.59. The van der Waals surface area contributed by atoms with E-state index >= 15 is 0 Å². The number of pyridine rings is 1. The van der Waals surface area contributed by atoms with Crippen molar-refractivity contribution < 1.29 is 4.42 Å². The number of nitrogens with zero attached hydrogens (tertiary/aromatic N) is 6. The van der Waals surface area contributed by atoms with Gasteiger partial charge >= 0.3 is 0 Å². The van der Waals surface area contributed by atoms with Crippen molar-refractivity contribution in [2.45, 2.75) is 19.9 Å². The summed E-state index contributed by atoms with van der Waals surface area (Å²) in [4.78, 5) is 9.37. The standard InChI is InChI=1S/C24H17Br2N7O/c1-2-20-28-24-18(7-8-19(25)27-24)33(20)11-16-13-9-10-34-12-17(13)22(26)21(16)14-5-3-4-6-15(14)23-29-31-32-30-23/h3-10,12H,2,11H2,1H3,(H,29,30,31,32). The summed E-state index contributed by atoms with van der Waals surface area (Å²) < 4.78 is 9.51. The Bertz CT molecular complexity index is 1600. The number of tetrazole rings is 1. The van der Waals surface area contributed by atoms with Crippen LogP contribution in [0.1, 0.15) is 18.3 Å². The lowest BCUT2D eigenvalue weighted by Gasteiger charge is -2.13. The molecule has 168 valence electrons. The van der Waals surface area contributed by atoms with Gasteiger partial charge in [0.1, 0.15) is 10.4 Å². The van der Waals surface area contributed by atoms with Crippen molar-refractivity contribution in [1.29, 1.82) is 0 Å². The van der Waals surface area contributed by atoms with Crippen LogP contribution in [0.15, 0.2) is 68.5 Å². The van der Waals surface area contributed by atoms with Gasteiger partial charge in [0.15, 0.2) is 11.5 Å². The molecular formula is C24H17Br2N7O. The lowest BCUT2D eigenvalue weighted by Crippen LogP contribution is -2.05. The van der Waals surface area contributed by atoms with Crippen LogP contribution in [0.2, 0.25) is 0 Å². The SMILES string of the molecule is CCc1nc2nc(Br)ccc2n1Cc1c2ccocc-2c(Br)c1-c1ccccc1-c1nnn[nH]1. The Hall–Kier alpha value is -3.37. The number of rotatable bonds is 5. The first-order valence-corrected chi connectivity index (χ1v) is 12.3.